The molecule has 1 aromatic heterocycles. The molecule has 0 saturated heterocycles. The first-order valence-corrected chi connectivity index (χ1v) is 13.5. The Balaban J connectivity index is 1.32. The number of nitrogens with two attached hydrogens (primary N) is 1. The highest BCUT2D eigenvalue weighted by molar-refractivity contribution is 6.10. The molecule has 0 spiro atoms. The first-order valence-electron chi connectivity index (χ1n) is 13.5. The zero-order valence-electron chi connectivity index (χ0n) is 23.3. The lowest BCUT2D eigenvalue weighted by Crippen LogP contribution is -2.53. The highest BCUT2D eigenvalue weighted by atomic mass is 16.6. The van der Waals surface area contributed by atoms with E-state index in [1.165, 1.54) is 12.3 Å². The quantitative estimate of drug-likeness (QED) is 0.175. The number of amides is 4. The van der Waals surface area contributed by atoms with Crippen molar-refractivity contribution in [1.82, 2.24) is 9.47 Å². The molecule has 0 aliphatic carbocycles. The van der Waals surface area contributed by atoms with Gasteiger partial charge in [-0.1, -0.05) is 36.4 Å². The van der Waals surface area contributed by atoms with Gasteiger partial charge in [0.25, 0.3) is 0 Å². The normalized spacial score (nSPS) is 14.9. The van der Waals surface area contributed by atoms with Crippen molar-refractivity contribution < 1.29 is 33.3 Å². The number of urea groups is 1. The number of anilines is 1. The van der Waals surface area contributed by atoms with Crippen LogP contribution in [0.2, 0.25) is 0 Å². The Labute approximate surface area is 247 Å². The summed E-state index contributed by atoms with van der Waals surface area (Å²) in [5.74, 6) is 0.959. The monoisotopic (exact) mass is 581 g/mol. The van der Waals surface area contributed by atoms with Gasteiger partial charge < -0.3 is 24.7 Å². The zero-order chi connectivity index (χ0) is 30.2. The van der Waals surface area contributed by atoms with Crippen LogP contribution in [0.4, 0.5) is 25.8 Å². The van der Waals surface area contributed by atoms with Crippen LogP contribution in [0.3, 0.4) is 0 Å². The predicted octanol–water partition coefficient (Wildman–Crippen LogP) is 6.49. The smallest absolute Gasteiger partial charge is 0.430 e. The Morgan fingerprint density at radius 3 is 2.26 bits per heavy atom. The molecule has 0 bridgehead atoms. The topological polar surface area (TPSA) is 130 Å². The van der Waals surface area contributed by atoms with Crippen LogP contribution in [-0.2, 0) is 4.74 Å². The molecule has 1 aliphatic rings. The number of ether oxygens (including phenoxy) is 4. The minimum Gasteiger partial charge on any atom is -0.457 e. The Bertz CT molecular complexity index is 1650. The van der Waals surface area contributed by atoms with Crippen LogP contribution < -0.4 is 29.3 Å². The fourth-order valence-electron chi connectivity index (χ4n) is 4.51. The van der Waals surface area contributed by atoms with E-state index in [4.69, 9.17) is 24.7 Å². The van der Waals surface area contributed by atoms with Gasteiger partial charge in [0.05, 0.1) is 12.3 Å². The molecular weight excluding hydrogens is 552 g/mol. The number of hydrogen-bond donors (Lipinski definition) is 1. The SMILES string of the molecule is CCOCC[N+]1(C(N)=O)C=Cc2cc(Oc3ccnc(OC(=O)N(C(=O)Oc4ccccc4)c4ccccc4)c3)ccc21. The maximum Gasteiger partial charge on any atom is 0.430 e. The van der Waals surface area contributed by atoms with Crippen molar-refractivity contribution in [2.45, 2.75) is 6.92 Å². The highest BCUT2D eigenvalue weighted by Gasteiger charge is 2.41. The summed E-state index contributed by atoms with van der Waals surface area (Å²) >= 11 is 0. The molecular formula is C32H29N4O7+. The van der Waals surface area contributed by atoms with Crippen LogP contribution in [0.25, 0.3) is 6.08 Å². The van der Waals surface area contributed by atoms with Crippen LogP contribution in [0, 0.1) is 0 Å². The van der Waals surface area contributed by atoms with E-state index >= 15 is 0 Å². The summed E-state index contributed by atoms with van der Waals surface area (Å²) < 4.78 is 22.1. The molecule has 1 atom stereocenters. The molecule has 0 saturated carbocycles. The number of pyridine rings is 1. The van der Waals surface area contributed by atoms with Gasteiger partial charge in [-0.15, -0.1) is 0 Å². The Morgan fingerprint density at radius 1 is 0.837 bits per heavy atom. The van der Waals surface area contributed by atoms with Gasteiger partial charge in [-0.05, 0) is 49.4 Å². The second-order valence-electron chi connectivity index (χ2n) is 9.32. The first-order chi connectivity index (χ1) is 20.9. The molecule has 4 aromatic rings. The van der Waals surface area contributed by atoms with E-state index in [-0.39, 0.29) is 21.8 Å². The molecule has 2 heterocycles. The van der Waals surface area contributed by atoms with Crippen molar-refractivity contribution >= 4 is 35.7 Å². The molecule has 43 heavy (non-hydrogen) atoms. The number of benzene rings is 3. The van der Waals surface area contributed by atoms with Crippen LogP contribution in [0.15, 0.2) is 103 Å². The molecule has 0 fully saturated rings. The number of hydrogen-bond acceptors (Lipinski definition) is 8. The van der Waals surface area contributed by atoms with Crippen molar-refractivity contribution in [2.75, 3.05) is 24.7 Å². The number of quaternary nitrogens is 1. The highest BCUT2D eigenvalue weighted by Crippen LogP contribution is 2.38. The number of rotatable bonds is 9. The van der Waals surface area contributed by atoms with Gasteiger partial charge in [0.1, 0.15) is 30.0 Å². The minimum atomic E-state index is -1.02. The fraction of sp³-hybridized carbons (Fsp3) is 0.125. The summed E-state index contributed by atoms with van der Waals surface area (Å²) in [6.07, 6.45) is 2.98. The van der Waals surface area contributed by atoms with Crippen molar-refractivity contribution in [3.05, 3.63) is 109 Å². The minimum absolute atomic E-state index is 0.0997. The molecule has 11 heteroatoms. The van der Waals surface area contributed by atoms with Gasteiger partial charge >= 0.3 is 18.2 Å². The fourth-order valence-corrected chi connectivity index (χ4v) is 4.51. The number of carbonyl (C=O) groups is 3. The Kier molecular flexibility index (Phi) is 8.75. The molecule has 3 aromatic carbocycles. The molecule has 1 aliphatic heterocycles. The van der Waals surface area contributed by atoms with Crippen LogP contribution in [0.1, 0.15) is 12.5 Å². The average molecular weight is 582 g/mol. The van der Waals surface area contributed by atoms with Crippen LogP contribution >= 0.6 is 0 Å². The van der Waals surface area contributed by atoms with E-state index in [1.807, 2.05) is 13.0 Å². The number of para-hydroxylation sites is 2. The molecule has 2 N–H and O–H groups in total. The summed E-state index contributed by atoms with van der Waals surface area (Å²) in [7, 11) is 0. The summed E-state index contributed by atoms with van der Waals surface area (Å²) in [6, 6.07) is 24.4. The van der Waals surface area contributed by atoms with E-state index in [9.17, 15) is 14.4 Å². The van der Waals surface area contributed by atoms with E-state index < -0.39 is 18.2 Å². The molecule has 1 unspecified atom stereocenters. The van der Waals surface area contributed by atoms with Crippen molar-refractivity contribution in [1.29, 1.82) is 0 Å². The summed E-state index contributed by atoms with van der Waals surface area (Å²) in [5.41, 5.74) is 7.51. The van der Waals surface area contributed by atoms with Gasteiger partial charge in [-0.3, -0.25) is 0 Å². The number of aromatic nitrogens is 1. The van der Waals surface area contributed by atoms with Gasteiger partial charge in [0.15, 0.2) is 5.69 Å². The lowest BCUT2D eigenvalue weighted by molar-refractivity contribution is 0.133. The zero-order valence-corrected chi connectivity index (χ0v) is 23.3. The second kappa shape index (κ2) is 13.0. The largest absolute Gasteiger partial charge is 0.457 e. The van der Waals surface area contributed by atoms with Crippen molar-refractivity contribution in [3.63, 3.8) is 0 Å². The number of nitrogens with zero attached hydrogens (tertiary/aromatic N) is 3. The van der Waals surface area contributed by atoms with Crippen molar-refractivity contribution in [3.8, 4) is 23.1 Å². The lowest BCUT2D eigenvalue weighted by Gasteiger charge is -2.27. The van der Waals surface area contributed by atoms with Crippen LogP contribution in [-0.4, -0.2) is 43.0 Å². The van der Waals surface area contributed by atoms with Crippen LogP contribution in [0.5, 0.6) is 23.1 Å². The van der Waals surface area contributed by atoms with E-state index in [1.54, 1.807) is 91.1 Å². The molecule has 0 radical (unpaired) electrons. The molecule has 218 valence electrons. The van der Waals surface area contributed by atoms with E-state index in [2.05, 4.69) is 4.98 Å². The average Bonchev–Trinajstić information content (AvgIpc) is 3.37. The van der Waals surface area contributed by atoms with Gasteiger partial charge in [0, 0.05) is 36.6 Å². The second-order valence-corrected chi connectivity index (χ2v) is 9.32. The van der Waals surface area contributed by atoms with Gasteiger partial charge in [-0.2, -0.15) is 9.38 Å². The van der Waals surface area contributed by atoms with E-state index in [0.717, 1.165) is 10.5 Å². The number of imide groups is 1. The Morgan fingerprint density at radius 2 is 1.53 bits per heavy atom. The number of carbonyl (C=O) groups excluding carboxylic acids is 3. The third-order valence-corrected chi connectivity index (χ3v) is 6.58. The maximum absolute atomic E-state index is 13.2. The number of primary amides is 1. The van der Waals surface area contributed by atoms with Gasteiger partial charge in [-0.25, -0.2) is 19.4 Å². The molecule has 4 amide bonds. The summed E-state index contributed by atoms with van der Waals surface area (Å²) in [6.45, 7) is 3.15. The molecule has 11 nitrogen and oxygen atoms in total. The summed E-state index contributed by atoms with van der Waals surface area (Å²) in [5, 5.41) is 0. The standard InChI is InChI=1S/C32H28N4O7/c1-2-40-20-19-36(30(33)37)18-16-23-21-26(13-14-28(23)36)41-27-15-17-34-29(22-27)43-32(39)35(24-9-5-3-6-10-24)31(38)42-25-11-7-4-8-12-25/h3-18,21-22H,2,19-20H2,1H3,(H-,33,37)/p+1. The van der Waals surface area contributed by atoms with E-state index in [0.29, 0.717) is 36.9 Å². The number of fused-ring (bicyclic) bond motifs is 1. The molecule has 5 rings (SSSR count). The van der Waals surface area contributed by atoms with Crippen molar-refractivity contribution in [2.24, 2.45) is 5.73 Å². The third-order valence-electron chi connectivity index (χ3n) is 6.58. The summed E-state index contributed by atoms with van der Waals surface area (Å²) in [4.78, 5) is 43.5. The first kappa shape index (κ1) is 29.0. The third kappa shape index (κ3) is 6.53. The Hall–Kier alpha value is -5.52. The maximum atomic E-state index is 13.2. The lowest BCUT2D eigenvalue weighted by atomic mass is 10.1. The predicted molar refractivity (Wildman–Crippen MR) is 160 cm³/mol. The van der Waals surface area contributed by atoms with Gasteiger partial charge in [0.2, 0.25) is 5.88 Å².